The third-order valence-corrected chi connectivity index (χ3v) is 5.41. The third kappa shape index (κ3) is 3.51. The van der Waals surface area contributed by atoms with Gasteiger partial charge in [-0.05, 0) is 12.8 Å². The molecule has 2 atom stereocenters. The van der Waals surface area contributed by atoms with Crippen LogP contribution in [-0.2, 0) is 9.59 Å². The summed E-state index contributed by atoms with van der Waals surface area (Å²) in [6.45, 7) is 2.56. The Morgan fingerprint density at radius 1 is 1.26 bits per heavy atom. The normalized spacial score (nSPS) is 27.7. The Bertz CT molecular complexity index is 340. The molecule has 0 aromatic carbocycles. The summed E-state index contributed by atoms with van der Waals surface area (Å²) in [7, 11) is 0. The number of nitrogens with zero attached hydrogens (tertiary/aromatic N) is 1. The summed E-state index contributed by atoms with van der Waals surface area (Å²) < 4.78 is 0. The lowest BCUT2D eigenvalue weighted by Crippen LogP contribution is -2.40. The summed E-state index contributed by atoms with van der Waals surface area (Å²) in [5.41, 5.74) is 5.60. The minimum Gasteiger partial charge on any atom is -0.329 e. The van der Waals surface area contributed by atoms with Crippen molar-refractivity contribution in [2.75, 3.05) is 6.54 Å². The van der Waals surface area contributed by atoms with Crippen molar-refractivity contribution in [3.05, 3.63) is 0 Å². The number of likely N-dealkylation sites (tertiary alicyclic amines) is 1. The van der Waals surface area contributed by atoms with Gasteiger partial charge >= 0.3 is 0 Å². The van der Waals surface area contributed by atoms with E-state index in [1.807, 2.05) is 6.92 Å². The summed E-state index contributed by atoms with van der Waals surface area (Å²) in [6, 6.07) is 0.154. The number of carbonyl (C=O) groups is 2. The number of thioether (sulfide) groups is 1. The van der Waals surface area contributed by atoms with Gasteiger partial charge in [0.2, 0.25) is 11.8 Å². The fourth-order valence-electron chi connectivity index (χ4n) is 2.96. The van der Waals surface area contributed by atoms with Crippen LogP contribution in [0.15, 0.2) is 0 Å². The average molecular weight is 284 g/mol. The minimum absolute atomic E-state index is 0.0265. The molecule has 2 amide bonds. The summed E-state index contributed by atoms with van der Waals surface area (Å²) in [4.78, 5) is 26.1. The lowest BCUT2D eigenvalue weighted by molar-refractivity contribution is -0.141. The standard InChI is InChI=1S/C14H24N2O2S/c1-10(9-15)19-12-8-13(17)16(14(12)18)11-6-4-2-3-5-7-11/h10-12H,2-9,15H2,1H3. The second-order valence-electron chi connectivity index (χ2n) is 5.62. The van der Waals surface area contributed by atoms with Crippen molar-refractivity contribution in [2.45, 2.75) is 68.4 Å². The van der Waals surface area contributed by atoms with Crippen LogP contribution in [-0.4, -0.2) is 39.8 Å². The van der Waals surface area contributed by atoms with Crippen molar-refractivity contribution in [2.24, 2.45) is 5.73 Å². The van der Waals surface area contributed by atoms with E-state index < -0.39 is 0 Å². The van der Waals surface area contributed by atoms with E-state index in [-0.39, 0.29) is 28.4 Å². The molecule has 2 fully saturated rings. The SMILES string of the molecule is CC(CN)SC1CC(=O)N(C2CCCCCC2)C1=O. The second kappa shape index (κ2) is 6.75. The van der Waals surface area contributed by atoms with Crippen molar-refractivity contribution in [1.82, 2.24) is 4.90 Å². The summed E-state index contributed by atoms with van der Waals surface area (Å²) in [6.07, 6.45) is 7.08. The number of imide groups is 1. The predicted octanol–water partition coefficient (Wildman–Crippen LogP) is 1.92. The Morgan fingerprint density at radius 3 is 2.47 bits per heavy atom. The third-order valence-electron chi connectivity index (χ3n) is 4.06. The number of hydrogen-bond donors (Lipinski definition) is 1. The molecule has 19 heavy (non-hydrogen) atoms. The van der Waals surface area contributed by atoms with Crippen LogP contribution >= 0.6 is 11.8 Å². The van der Waals surface area contributed by atoms with Gasteiger partial charge in [-0.2, -0.15) is 0 Å². The molecule has 0 spiro atoms. The first kappa shape index (κ1) is 14.9. The van der Waals surface area contributed by atoms with Crippen molar-refractivity contribution in [1.29, 1.82) is 0 Å². The van der Waals surface area contributed by atoms with E-state index in [1.54, 1.807) is 16.7 Å². The van der Waals surface area contributed by atoms with Crippen molar-refractivity contribution in [3.8, 4) is 0 Å². The predicted molar refractivity (Wildman–Crippen MR) is 77.9 cm³/mol. The van der Waals surface area contributed by atoms with E-state index in [0.717, 1.165) is 25.7 Å². The van der Waals surface area contributed by atoms with Crippen molar-refractivity contribution >= 4 is 23.6 Å². The van der Waals surface area contributed by atoms with E-state index >= 15 is 0 Å². The lowest BCUT2D eigenvalue weighted by Gasteiger charge is -2.25. The van der Waals surface area contributed by atoms with Crippen LogP contribution in [0, 0.1) is 0 Å². The molecule has 1 aliphatic carbocycles. The molecule has 1 aliphatic heterocycles. The van der Waals surface area contributed by atoms with Gasteiger partial charge < -0.3 is 5.73 Å². The molecule has 0 bridgehead atoms. The molecule has 0 aromatic rings. The molecule has 5 heteroatoms. The first-order chi connectivity index (χ1) is 9.13. The maximum absolute atomic E-state index is 12.4. The Labute approximate surface area is 119 Å². The largest absolute Gasteiger partial charge is 0.329 e. The number of carbonyl (C=O) groups excluding carboxylic acids is 2. The Morgan fingerprint density at radius 2 is 1.89 bits per heavy atom. The van der Waals surface area contributed by atoms with Crippen molar-refractivity contribution in [3.63, 3.8) is 0 Å². The van der Waals surface area contributed by atoms with E-state index in [1.165, 1.54) is 12.8 Å². The molecule has 1 heterocycles. The molecule has 1 saturated heterocycles. The zero-order valence-corrected chi connectivity index (χ0v) is 12.5. The van der Waals surface area contributed by atoms with Crippen LogP contribution in [0.1, 0.15) is 51.9 Å². The molecule has 2 rings (SSSR count). The van der Waals surface area contributed by atoms with Gasteiger partial charge in [0.05, 0.1) is 5.25 Å². The minimum atomic E-state index is -0.200. The lowest BCUT2D eigenvalue weighted by atomic mass is 10.1. The highest BCUT2D eigenvalue weighted by molar-refractivity contribution is 8.01. The van der Waals surface area contributed by atoms with Crippen molar-refractivity contribution < 1.29 is 9.59 Å². The Hall–Kier alpha value is -0.550. The van der Waals surface area contributed by atoms with Gasteiger partial charge in [0.15, 0.2) is 0 Å². The van der Waals surface area contributed by atoms with Gasteiger partial charge in [-0.25, -0.2) is 0 Å². The highest BCUT2D eigenvalue weighted by Crippen LogP contribution is 2.32. The van der Waals surface area contributed by atoms with E-state index in [0.29, 0.717) is 13.0 Å². The summed E-state index contributed by atoms with van der Waals surface area (Å²) in [5.74, 6) is 0.0563. The number of rotatable bonds is 4. The van der Waals surface area contributed by atoms with E-state index in [4.69, 9.17) is 5.73 Å². The molecule has 4 nitrogen and oxygen atoms in total. The molecular formula is C14H24N2O2S. The van der Waals surface area contributed by atoms with Crippen LogP contribution in [0.4, 0.5) is 0 Å². The Balaban J connectivity index is 2.00. The van der Waals surface area contributed by atoms with Gasteiger partial charge in [0.1, 0.15) is 0 Å². The number of amides is 2. The second-order valence-corrected chi connectivity index (χ2v) is 7.27. The maximum Gasteiger partial charge on any atom is 0.243 e. The molecular weight excluding hydrogens is 260 g/mol. The maximum atomic E-state index is 12.4. The molecule has 108 valence electrons. The van der Waals surface area contributed by atoms with Crippen LogP contribution < -0.4 is 5.73 Å². The average Bonchev–Trinajstić information content (AvgIpc) is 2.62. The van der Waals surface area contributed by atoms with Gasteiger partial charge in [-0.3, -0.25) is 14.5 Å². The number of hydrogen-bond acceptors (Lipinski definition) is 4. The highest BCUT2D eigenvalue weighted by Gasteiger charge is 2.42. The smallest absolute Gasteiger partial charge is 0.243 e. The van der Waals surface area contributed by atoms with Crippen LogP contribution in [0.2, 0.25) is 0 Å². The fourth-order valence-corrected chi connectivity index (χ4v) is 4.10. The van der Waals surface area contributed by atoms with Gasteiger partial charge in [-0.15, -0.1) is 11.8 Å². The quantitative estimate of drug-likeness (QED) is 0.633. The Kier molecular flexibility index (Phi) is 5.28. The first-order valence-electron chi connectivity index (χ1n) is 7.35. The molecule has 2 aliphatic rings. The highest BCUT2D eigenvalue weighted by atomic mass is 32.2. The van der Waals surface area contributed by atoms with Crippen LogP contribution in [0.3, 0.4) is 0 Å². The molecule has 2 N–H and O–H groups in total. The number of nitrogens with two attached hydrogens (primary N) is 1. The molecule has 0 aromatic heterocycles. The molecule has 0 radical (unpaired) electrons. The molecule has 1 saturated carbocycles. The van der Waals surface area contributed by atoms with Crippen LogP contribution in [0.25, 0.3) is 0 Å². The molecule has 2 unspecified atom stereocenters. The zero-order valence-electron chi connectivity index (χ0n) is 11.6. The monoisotopic (exact) mass is 284 g/mol. The first-order valence-corrected chi connectivity index (χ1v) is 8.29. The van der Waals surface area contributed by atoms with Gasteiger partial charge in [0.25, 0.3) is 0 Å². The topological polar surface area (TPSA) is 63.4 Å². The zero-order chi connectivity index (χ0) is 13.8. The van der Waals surface area contributed by atoms with Gasteiger partial charge in [0, 0.05) is 24.3 Å². The summed E-state index contributed by atoms with van der Waals surface area (Å²) >= 11 is 1.55. The van der Waals surface area contributed by atoms with E-state index in [9.17, 15) is 9.59 Å². The van der Waals surface area contributed by atoms with Crippen LogP contribution in [0.5, 0.6) is 0 Å². The fraction of sp³-hybridized carbons (Fsp3) is 0.857. The van der Waals surface area contributed by atoms with Gasteiger partial charge in [-0.1, -0.05) is 32.6 Å². The summed E-state index contributed by atoms with van der Waals surface area (Å²) in [5, 5.41) is 0.0325. The van der Waals surface area contributed by atoms with E-state index in [2.05, 4.69) is 0 Å².